The fourth-order valence-electron chi connectivity index (χ4n) is 1.61. The van der Waals surface area contributed by atoms with Crippen LogP contribution in [0.5, 0.6) is 11.6 Å². The SMILES string of the molecule is CCCc1c(N)ncnc1Oc1ccccc1Cl. The standard InChI is InChI=1S/C13H14ClN3O/c1-2-5-9-12(15)16-8-17-13(9)18-11-7-4-3-6-10(11)14/h3-4,6-8H,2,5H2,1H3,(H2,15,16,17). The van der Waals surface area contributed by atoms with Crippen molar-refractivity contribution in [2.24, 2.45) is 0 Å². The van der Waals surface area contributed by atoms with Gasteiger partial charge in [0.25, 0.3) is 0 Å². The number of rotatable bonds is 4. The largest absolute Gasteiger partial charge is 0.437 e. The molecule has 0 aliphatic heterocycles. The lowest BCUT2D eigenvalue weighted by Crippen LogP contribution is -2.02. The lowest BCUT2D eigenvalue weighted by molar-refractivity contribution is 0.455. The van der Waals surface area contributed by atoms with Crippen molar-refractivity contribution in [1.29, 1.82) is 0 Å². The highest BCUT2D eigenvalue weighted by Crippen LogP contribution is 2.31. The van der Waals surface area contributed by atoms with Crippen LogP contribution in [-0.4, -0.2) is 9.97 Å². The molecule has 5 heteroatoms. The average Bonchev–Trinajstić information content (AvgIpc) is 2.36. The summed E-state index contributed by atoms with van der Waals surface area (Å²) in [5.74, 6) is 1.49. The Balaban J connectivity index is 2.34. The summed E-state index contributed by atoms with van der Waals surface area (Å²) < 4.78 is 5.71. The first-order valence-corrected chi connectivity index (χ1v) is 6.12. The Morgan fingerprint density at radius 3 is 2.78 bits per heavy atom. The van der Waals surface area contributed by atoms with Crippen molar-refractivity contribution in [1.82, 2.24) is 9.97 Å². The van der Waals surface area contributed by atoms with E-state index in [9.17, 15) is 0 Å². The van der Waals surface area contributed by atoms with Gasteiger partial charge in [-0.15, -0.1) is 0 Å². The summed E-state index contributed by atoms with van der Waals surface area (Å²) in [7, 11) is 0. The molecule has 2 aromatic rings. The Labute approximate surface area is 111 Å². The first-order chi connectivity index (χ1) is 8.72. The van der Waals surface area contributed by atoms with Crippen LogP contribution in [0.2, 0.25) is 5.02 Å². The second-order valence-corrected chi connectivity index (χ2v) is 4.23. The molecule has 2 N–H and O–H groups in total. The van der Waals surface area contributed by atoms with Gasteiger partial charge in [-0.05, 0) is 18.6 Å². The third kappa shape index (κ3) is 2.71. The van der Waals surface area contributed by atoms with Crippen molar-refractivity contribution in [3.05, 3.63) is 41.2 Å². The van der Waals surface area contributed by atoms with Crippen LogP contribution in [-0.2, 0) is 6.42 Å². The van der Waals surface area contributed by atoms with Crippen LogP contribution in [0, 0.1) is 0 Å². The highest BCUT2D eigenvalue weighted by atomic mass is 35.5. The molecule has 2 rings (SSSR count). The van der Waals surface area contributed by atoms with E-state index in [4.69, 9.17) is 22.1 Å². The summed E-state index contributed by atoms with van der Waals surface area (Å²) in [5.41, 5.74) is 6.65. The van der Waals surface area contributed by atoms with Crippen molar-refractivity contribution in [2.45, 2.75) is 19.8 Å². The normalized spacial score (nSPS) is 10.3. The lowest BCUT2D eigenvalue weighted by Gasteiger charge is -2.11. The zero-order chi connectivity index (χ0) is 13.0. The van der Waals surface area contributed by atoms with Gasteiger partial charge in [0.15, 0.2) is 0 Å². The van der Waals surface area contributed by atoms with E-state index in [1.54, 1.807) is 12.1 Å². The second-order valence-electron chi connectivity index (χ2n) is 3.83. The van der Waals surface area contributed by atoms with E-state index in [-0.39, 0.29) is 0 Å². The highest BCUT2D eigenvalue weighted by molar-refractivity contribution is 6.32. The van der Waals surface area contributed by atoms with E-state index in [0.29, 0.717) is 22.5 Å². The van der Waals surface area contributed by atoms with Crippen LogP contribution in [0.3, 0.4) is 0 Å². The van der Waals surface area contributed by atoms with Crippen LogP contribution >= 0.6 is 11.6 Å². The minimum Gasteiger partial charge on any atom is -0.437 e. The van der Waals surface area contributed by atoms with Gasteiger partial charge in [0.2, 0.25) is 5.88 Å². The molecular formula is C13H14ClN3O. The quantitative estimate of drug-likeness (QED) is 0.918. The molecule has 1 aromatic carbocycles. The molecule has 0 fully saturated rings. The number of halogens is 1. The molecule has 0 unspecified atom stereocenters. The fourth-order valence-corrected chi connectivity index (χ4v) is 1.79. The molecule has 0 aliphatic rings. The second kappa shape index (κ2) is 5.69. The molecule has 1 aromatic heterocycles. The van der Waals surface area contributed by atoms with Crippen molar-refractivity contribution in [2.75, 3.05) is 5.73 Å². The van der Waals surface area contributed by atoms with E-state index in [1.165, 1.54) is 6.33 Å². The first-order valence-electron chi connectivity index (χ1n) is 5.74. The molecule has 1 heterocycles. The maximum atomic E-state index is 6.04. The molecule has 0 radical (unpaired) electrons. The number of hydrogen-bond donors (Lipinski definition) is 1. The van der Waals surface area contributed by atoms with E-state index >= 15 is 0 Å². The first kappa shape index (κ1) is 12.6. The summed E-state index contributed by atoms with van der Waals surface area (Å²) in [6, 6.07) is 7.25. The fraction of sp³-hybridized carbons (Fsp3) is 0.231. The number of benzene rings is 1. The number of aromatic nitrogens is 2. The van der Waals surface area contributed by atoms with Crippen LogP contribution in [0.1, 0.15) is 18.9 Å². The molecular weight excluding hydrogens is 250 g/mol. The van der Waals surface area contributed by atoms with E-state index in [1.807, 2.05) is 12.1 Å². The maximum Gasteiger partial charge on any atom is 0.227 e. The number of para-hydroxylation sites is 1. The van der Waals surface area contributed by atoms with Gasteiger partial charge in [-0.2, -0.15) is 0 Å². The Bertz CT molecular complexity index is 546. The number of nitrogens with two attached hydrogens (primary N) is 1. The smallest absolute Gasteiger partial charge is 0.227 e. The number of nitrogens with zero attached hydrogens (tertiary/aromatic N) is 2. The van der Waals surface area contributed by atoms with Gasteiger partial charge in [-0.3, -0.25) is 0 Å². The van der Waals surface area contributed by atoms with E-state index in [2.05, 4.69) is 16.9 Å². The molecule has 0 amide bonds. The van der Waals surface area contributed by atoms with Gasteiger partial charge in [0, 0.05) is 0 Å². The molecule has 0 saturated heterocycles. The van der Waals surface area contributed by atoms with Crippen LogP contribution < -0.4 is 10.5 Å². The van der Waals surface area contributed by atoms with Gasteiger partial charge >= 0.3 is 0 Å². The van der Waals surface area contributed by atoms with Crippen LogP contribution in [0.25, 0.3) is 0 Å². The monoisotopic (exact) mass is 263 g/mol. The molecule has 0 aliphatic carbocycles. The summed E-state index contributed by atoms with van der Waals surface area (Å²) >= 11 is 6.04. The summed E-state index contributed by atoms with van der Waals surface area (Å²) in [4.78, 5) is 8.10. The average molecular weight is 264 g/mol. The van der Waals surface area contributed by atoms with E-state index < -0.39 is 0 Å². The summed E-state index contributed by atoms with van der Waals surface area (Å²) in [6.45, 7) is 2.06. The Hall–Kier alpha value is -1.81. The van der Waals surface area contributed by atoms with Crippen molar-refractivity contribution in [3.63, 3.8) is 0 Å². The molecule has 4 nitrogen and oxygen atoms in total. The third-order valence-corrected chi connectivity index (χ3v) is 2.79. The predicted octanol–water partition coefficient (Wildman–Crippen LogP) is 3.46. The topological polar surface area (TPSA) is 61.0 Å². The zero-order valence-electron chi connectivity index (χ0n) is 10.1. The Morgan fingerprint density at radius 2 is 2.06 bits per heavy atom. The molecule has 0 saturated carbocycles. The molecule has 94 valence electrons. The summed E-state index contributed by atoms with van der Waals surface area (Å²) in [5, 5.41) is 0.539. The Kier molecular flexibility index (Phi) is 3.99. The van der Waals surface area contributed by atoms with Crippen molar-refractivity contribution in [3.8, 4) is 11.6 Å². The molecule has 0 atom stereocenters. The molecule has 18 heavy (non-hydrogen) atoms. The minimum absolute atomic E-state index is 0.453. The van der Waals surface area contributed by atoms with Crippen molar-refractivity contribution < 1.29 is 4.74 Å². The molecule has 0 bridgehead atoms. The number of anilines is 1. The Morgan fingerprint density at radius 1 is 1.28 bits per heavy atom. The van der Waals surface area contributed by atoms with Gasteiger partial charge < -0.3 is 10.5 Å². The predicted molar refractivity (Wildman–Crippen MR) is 72.0 cm³/mol. The minimum atomic E-state index is 0.453. The van der Waals surface area contributed by atoms with Crippen molar-refractivity contribution >= 4 is 17.4 Å². The highest BCUT2D eigenvalue weighted by Gasteiger charge is 2.11. The zero-order valence-corrected chi connectivity index (χ0v) is 10.8. The van der Waals surface area contributed by atoms with Crippen LogP contribution in [0.15, 0.2) is 30.6 Å². The van der Waals surface area contributed by atoms with Gasteiger partial charge in [0.05, 0.1) is 10.6 Å². The van der Waals surface area contributed by atoms with Gasteiger partial charge in [-0.1, -0.05) is 37.1 Å². The summed E-state index contributed by atoms with van der Waals surface area (Å²) in [6.07, 6.45) is 3.10. The number of ether oxygens (including phenoxy) is 1. The van der Waals surface area contributed by atoms with Crippen LogP contribution in [0.4, 0.5) is 5.82 Å². The van der Waals surface area contributed by atoms with Gasteiger partial charge in [-0.25, -0.2) is 9.97 Å². The lowest BCUT2D eigenvalue weighted by atomic mass is 10.2. The third-order valence-electron chi connectivity index (χ3n) is 2.48. The number of hydrogen-bond acceptors (Lipinski definition) is 4. The molecule has 0 spiro atoms. The maximum absolute atomic E-state index is 6.04. The number of nitrogen functional groups attached to an aromatic ring is 1. The van der Waals surface area contributed by atoms with E-state index in [0.717, 1.165) is 18.4 Å². The van der Waals surface area contributed by atoms with Gasteiger partial charge in [0.1, 0.15) is 17.9 Å².